The molecule has 0 spiro atoms. The second kappa shape index (κ2) is 5.59. The van der Waals surface area contributed by atoms with Gasteiger partial charge in [0.15, 0.2) is 0 Å². The number of aryl methyl sites for hydroxylation is 1. The number of sulfonamides is 1. The van der Waals surface area contributed by atoms with Crippen molar-refractivity contribution < 1.29 is 8.42 Å². The lowest BCUT2D eigenvalue weighted by Gasteiger charge is -2.10. The van der Waals surface area contributed by atoms with Gasteiger partial charge in [0.25, 0.3) is 10.0 Å². The molecule has 2 rings (SSSR count). The average Bonchev–Trinajstić information content (AvgIpc) is 2.32. The normalized spacial score (nSPS) is 11.3. The Balaban J connectivity index is 2.37. The monoisotopic (exact) mass is 375 g/mol. The summed E-state index contributed by atoms with van der Waals surface area (Å²) in [5, 5.41) is 0.257. The molecule has 0 aliphatic carbocycles. The zero-order chi connectivity index (χ0) is 14.9. The third kappa shape index (κ3) is 3.41. The van der Waals surface area contributed by atoms with Gasteiger partial charge < -0.3 is 5.73 Å². The first-order valence-corrected chi connectivity index (χ1v) is 8.14. The van der Waals surface area contributed by atoms with Gasteiger partial charge in [-0.25, -0.2) is 13.4 Å². The molecule has 0 atom stereocenters. The molecule has 0 saturated heterocycles. The highest BCUT2D eigenvalue weighted by molar-refractivity contribution is 9.10. The van der Waals surface area contributed by atoms with Crippen LogP contribution in [0.3, 0.4) is 0 Å². The molecule has 1 heterocycles. The van der Waals surface area contributed by atoms with Crippen molar-refractivity contribution in [1.29, 1.82) is 0 Å². The highest BCUT2D eigenvalue weighted by Gasteiger charge is 2.16. The predicted molar refractivity (Wildman–Crippen MR) is 83.3 cm³/mol. The maximum absolute atomic E-state index is 12.3. The number of nitrogen functional groups attached to an aromatic ring is 1. The lowest BCUT2D eigenvalue weighted by atomic mass is 10.2. The van der Waals surface area contributed by atoms with Crippen molar-refractivity contribution in [2.45, 2.75) is 11.8 Å². The summed E-state index contributed by atoms with van der Waals surface area (Å²) in [6.45, 7) is 1.77. The largest absolute Gasteiger partial charge is 0.399 e. The second-order valence-corrected chi connectivity index (χ2v) is 7.08. The van der Waals surface area contributed by atoms with Gasteiger partial charge >= 0.3 is 0 Å². The van der Waals surface area contributed by atoms with E-state index in [4.69, 9.17) is 17.3 Å². The number of nitrogens with two attached hydrogens (primary N) is 1. The maximum Gasteiger partial charge on any atom is 0.262 e. The Hall–Kier alpha value is -1.31. The molecule has 8 heteroatoms. The number of anilines is 2. The minimum atomic E-state index is -3.72. The molecule has 0 aliphatic rings. The summed E-state index contributed by atoms with van der Waals surface area (Å²) >= 11 is 8.94. The van der Waals surface area contributed by atoms with E-state index in [-0.39, 0.29) is 10.0 Å². The van der Waals surface area contributed by atoms with Crippen LogP contribution in [0.4, 0.5) is 11.4 Å². The number of benzene rings is 1. The number of pyridine rings is 1. The van der Waals surface area contributed by atoms with Gasteiger partial charge in [-0.1, -0.05) is 11.6 Å². The van der Waals surface area contributed by atoms with Gasteiger partial charge in [-0.3, -0.25) is 4.72 Å². The first-order valence-electron chi connectivity index (χ1n) is 5.49. The molecule has 0 unspecified atom stereocenters. The molecule has 0 saturated carbocycles. The Labute approximate surface area is 130 Å². The van der Waals surface area contributed by atoms with Crippen LogP contribution >= 0.6 is 27.5 Å². The number of halogens is 2. The average molecular weight is 377 g/mol. The van der Waals surface area contributed by atoms with Gasteiger partial charge in [-0.2, -0.15) is 0 Å². The molecule has 0 fully saturated rings. The van der Waals surface area contributed by atoms with E-state index in [2.05, 4.69) is 25.6 Å². The summed E-state index contributed by atoms with van der Waals surface area (Å²) in [5.74, 6) is 0. The van der Waals surface area contributed by atoms with Crippen LogP contribution in [0, 0.1) is 6.92 Å². The van der Waals surface area contributed by atoms with Gasteiger partial charge in [-0.15, -0.1) is 0 Å². The maximum atomic E-state index is 12.3. The van der Waals surface area contributed by atoms with Crippen LogP contribution in [0.2, 0.25) is 5.15 Å². The van der Waals surface area contributed by atoms with Crippen molar-refractivity contribution in [3.8, 4) is 0 Å². The van der Waals surface area contributed by atoms with Gasteiger partial charge in [0.1, 0.15) is 5.15 Å². The Bertz CT molecular complexity index is 745. The number of nitrogens with one attached hydrogen (secondary N) is 1. The molecule has 0 amide bonds. The van der Waals surface area contributed by atoms with E-state index in [1.165, 1.54) is 24.4 Å². The SMILES string of the molecule is Cc1cc(N)cc(S(=O)(=O)Nc2cnc(Cl)c(Br)c2)c1. The van der Waals surface area contributed by atoms with E-state index in [1.54, 1.807) is 13.0 Å². The number of hydrogen-bond donors (Lipinski definition) is 2. The van der Waals surface area contributed by atoms with Crippen molar-refractivity contribution >= 4 is 48.9 Å². The fourth-order valence-corrected chi connectivity index (χ4v) is 3.25. The van der Waals surface area contributed by atoms with Crippen molar-refractivity contribution in [2.75, 3.05) is 10.5 Å². The van der Waals surface area contributed by atoms with Gasteiger partial charge in [-0.05, 0) is 52.7 Å². The fourth-order valence-electron chi connectivity index (χ4n) is 1.62. The van der Waals surface area contributed by atoms with Crippen LogP contribution in [0.25, 0.3) is 0 Å². The van der Waals surface area contributed by atoms with Gasteiger partial charge in [0.05, 0.1) is 21.3 Å². The Kier molecular flexibility index (Phi) is 4.22. The van der Waals surface area contributed by atoms with Crippen molar-refractivity contribution in [3.05, 3.63) is 45.7 Å². The van der Waals surface area contributed by atoms with E-state index in [1.807, 2.05) is 0 Å². The van der Waals surface area contributed by atoms with E-state index >= 15 is 0 Å². The Morgan fingerprint density at radius 2 is 2.00 bits per heavy atom. The Morgan fingerprint density at radius 1 is 1.30 bits per heavy atom. The number of aromatic nitrogens is 1. The standard InChI is InChI=1S/C12H11BrClN3O2S/c1-7-2-8(15)4-10(3-7)20(18,19)17-9-5-11(13)12(14)16-6-9/h2-6,17H,15H2,1H3. The predicted octanol–water partition coefficient (Wildman–Crippen LogP) is 3.19. The molecule has 5 nitrogen and oxygen atoms in total. The van der Waals surface area contributed by atoms with Crippen LogP contribution < -0.4 is 10.5 Å². The molecular weight excluding hydrogens is 366 g/mol. The summed E-state index contributed by atoms with van der Waals surface area (Å²) < 4.78 is 27.4. The molecule has 0 aliphatic heterocycles. The minimum Gasteiger partial charge on any atom is -0.399 e. The molecular formula is C12H11BrClN3O2S. The van der Waals surface area contributed by atoms with Crippen LogP contribution in [-0.4, -0.2) is 13.4 Å². The summed E-state index contributed by atoms with van der Waals surface area (Å²) in [4.78, 5) is 3.96. The van der Waals surface area contributed by atoms with Crippen LogP contribution in [0.15, 0.2) is 39.8 Å². The molecule has 2 aromatic rings. The summed E-state index contributed by atoms with van der Waals surface area (Å²) in [5.41, 5.74) is 7.13. The molecule has 1 aromatic heterocycles. The van der Waals surface area contributed by atoms with E-state index in [9.17, 15) is 8.42 Å². The first-order chi connectivity index (χ1) is 9.28. The summed E-state index contributed by atoms with van der Waals surface area (Å²) in [7, 11) is -3.72. The smallest absolute Gasteiger partial charge is 0.262 e. The zero-order valence-corrected chi connectivity index (χ0v) is 13.6. The van der Waals surface area contributed by atoms with Gasteiger partial charge in [0.2, 0.25) is 0 Å². The molecule has 0 bridgehead atoms. The number of hydrogen-bond acceptors (Lipinski definition) is 4. The van der Waals surface area contributed by atoms with E-state index < -0.39 is 10.0 Å². The molecule has 106 valence electrons. The van der Waals surface area contributed by atoms with Gasteiger partial charge in [0, 0.05) is 5.69 Å². The van der Waals surface area contributed by atoms with Crippen LogP contribution in [0.5, 0.6) is 0 Å². The van der Waals surface area contributed by atoms with Crippen LogP contribution in [-0.2, 0) is 10.0 Å². The van der Waals surface area contributed by atoms with E-state index in [0.717, 1.165) is 5.56 Å². The second-order valence-electron chi connectivity index (χ2n) is 4.18. The third-order valence-corrected chi connectivity index (χ3v) is 4.93. The number of nitrogens with zero attached hydrogens (tertiary/aromatic N) is 1. The highest BCUT2D eigenvalue weighted by Crippen LogP contribution is 2.25. The lowest BCUT2D eigenvalue weighted by molar-refractivity contribution is 0.601. The quantitative estimate of drug-likeness (QED) is 0.636. The summed E-state index contributed by atoms with van der Waals surface area (Å²) in [6.07, 6.45) is 1.34. The van der Waals surface area contributed by atoms with Crippen molar-refractivity contribution in [2.24, 2.45) is 0 Å². The fraction of sp³-hybridized carbons (Fsp3) is 0.0833. The first kappa shape index (κ1) is 15.1. The van der Waals surface area contributed by atoms with Crippen LogP contribution in [0.1, 0.15) is 5.56 Å². The zero-order valence-electron chi connectivity index (χ0n) is 10.4. The topological polar surface area (TPSA) is 85.1 Å². The lowest BCUT2D eigenvalue weighted by Crippen LogP contribution is -2.13. The highest BCUT2D eigenvalue weighted by atomic mass is 79.9. The van der Waals surface area contributed by atoms with E-state index in [0.29, 0.717) is 15.8 Å². The number of rotatable bonds is 3. The minimum absolute atomic E-state index is 0.0982. The summed E-state index contributed by atoms with van der Waals surface area (Å²) in [6, 6.07) is 6.16. The molecule has 20 heavy (non-hydrogen) atoms. The third-order valence-electron chi connectivity index (χ3n) is 2.43. The molecule has 0 radical (unpaired) electrons. The van der Waals surface area contributed by atoms with Crippen molar-refractivity contribution in [1.82, 2.24) is 4.98 Å². The Morgan fingerprint density at radius 3 is 2.60 bits per heavy atom. The molecule has 3 N–H and O–H groups in total. The molecule has 1 aromatic carbocycles. The van der Waals surface area contributed by atoms with Crippen molar-refractivity contribution in [3.63, 3.8) is 0 Å².